The molecule has 2 aromatic carbocycles. The number of hydrogen-bond acceptors (Lipinski definition) is 5. The van der Waals surface area contributed by atoms with Crippen LogP contribution in [0.3, 0.4) is 0 Å². The summed E-state index contributed by atoms with van der Waals surface area (Å²) < 4.78 is 58.4. The molecule has 0 unspecified atom stereocenters. The van der Waals surface area contributed by atoms with Gasteiger partial charge in [-0.05, 0) is 61.9 Å². The molecule has 10 heteroatoms. The van der Waals surface area contributed by atoms with Gasteiger partial charge in [-0.2, -0.15) is 13.2 Å². The highest BCUT2D eigenvalue weighted by atomic mass is 32.2. The highest BCUT2D eigenvalue weighted by Gasteiger charge is 2.49. The van der Waals surface area contributed by atoms with E-state index in [0.29, 0.717) is 24.2 Å². The maximum atomic E-state index is 14.2. The van der Waals surface area contributed by atoms with Gasteiger partial charge < -0.3 is 9.50 Å². The van der Waals surface area contributed by atoms with Crippen LogP contribution >= 0.6 is 12.2 Å². The van der Waals surface area contributed by atoms with E-state index in [9.17, 15) is 27.2 Å². The van der Waals surface area contributed by atoms with E-state index in [2.05, 4.69) is 9.50 Å². The van der Waals surface area contributed by atoms with Crippen LogP contribution in [0.5, 0.6) is 0 Å². The maximum absolute atomic E-state index is 14.2. The molecule has 5 nitrogen and oxygen atoms in total. The molecule has 1 amide bonds. The minimum absolute atomic E-state index is 0.0807. The zero-order valence-corrected chi connectivity index (χ0v) is 19.0. The Labute approximate surface area is 193 Å². The van der Waals surface area contributed by atoms with Crippen molar-refractivity contribution in [1.82, 2.24) is 5.32 Å². The third-order valence-corrected chi connectivity index (χ3v) is 6.34. The molecule has 33 heavy (non-hydrogen) atoms. The molecule has 0 aromatic heterocycles. The highest BCUT2D eigenvalue weighted by Crippen LogP contribution is 2.48. The number of amides is 1. The molecule has 0 aliphatic heterocycles. The summed E-state index contributed by atoms with van der Waals surface area (Å²) in [5.74, 6) is -2.32. The second-order valence-corrected chi connectivity index (χ2v) is 8.99. The Hall–Kier alpha value is -2.59. The largest absolute Gasteiger partial charge is 0.397 e. The summed E-state index contributed by atoms with van der Waals surface area (Å²) in [6.07, 6.45) is -3.79. The van der Waals surface area contributed by atoms with Gasteiger partial charge in [0.2, 0.25) is 5.91 Å². The van der Waals surface area contributed by atoms with Crippen LogP contribution in [-0.4, -0.2) is 18.1 Å². The predicted octanol–water partition coefficient (Wildman–Crippen LogP) is 5.33. The molecule has 0 saturated heterocycles. The number of carbonyl (C=O) groups excluding carboxylic acids is 2. The van der Waals surface area contributed by atoms with E-state index < -0.39 is 29.4 Å². The number of nitrogens with two attached hydrogens (primary N) is 1. The summed E-state index contributed by atoms with van der Waals surface area (Å²) in [7, 11) is 0. The lowest BCUT2D eigenvalue weighted by atomic mass is 9.83. The lowest BCUT2D eigenvalue weighted by molar-refractivity contribution is -0.180. The van der Waals surface area contributed by atoms with Crippen molar-refractivity contribution >= 4 is 24.1 Å². The summed E-state index contributed by atoms with van der Waals surface area (Å²) in [6, 6.07) is 9.58. The molecule has 1 fully saturated rings. The molecule has 3 atom stereocenters. The molecular formula is C23H24F4N2O3S. The SMILES string of the molecule is C[C@@H](NC(=O)[C@@H]1C[C@H]1c1ccc(C(C)(C)C(F)(F)F)cc1)c1ccc(C(=O)OSN)c(F)c1. The second-order valence-electron chi connectivity index (χ2n) is 8.63. The van der Waals surface area contributed by atoms with Gasteiger partial charge in [-0.3, -0.25) is 4.79 Å². The van der Waals surface area contributed by atoms with E-state index in [0.717, 1.165) is 25.5 Å². The zero-order valence-electron chi connectivity index (χ0n) is 18.2. The molecule has 178 valence electrons. The van der Waals surface area contributed by atoms with Crippen molar-refractivity contribution < 1.29 is 31.3 Å². The average Bonchev–Trinajstić information content (AvgIpc) is 3.54. The Bertz CT molecular complexity index is 1040. The summed E-state index contributed by atoms with van der Waals surface area (Å²) in [4.78, 5) is 24.3. The van der Waals surface area contributed by atoms with Crippen LogP contribution in [-0.2, 0) is 14.4 Å². The predicted molar refractivity (Wildman–Crippen MR) is 117 cm³/mol. The third-order valence-electron chi connectivity index (χ3n) is 6.09. The van der Waals surface area contributed by atoms with Crippen molar-refractivity contribution in [2.75, 3.05) is 0 Å². The van der Waals surface area contributed by atoms with Gasteiger partial charge in [0, 0.05) is 5.92 Å². The van der Waals surface area contributed by atoms with Crippen LogP contribution in [0, 0.1) is 11.7 Å². The zero-order chi connectivity index (χ0) is 24.6. The number of alkyl halides is 3. The summed E-state index contributed by atoms with van der Waals surface area (Å²) >= 11 is 0.320. The van der Waals surface area contributed by atoms with Crippen LogP contribution in [0.15, 0.2) is 42.5 Å². The Morgan fingerprint density at radius 1 is 1.15 bits per heavy atom. The Morgan fingerprint density at radius 3 is 2.33 bits per heavy atom. The first-order chi connectivity index (χ1) is 15.4. The monoisotopic (exact) mass is 484 g/mol. The van der Waals surface area contributed by atoms with E-state index in [1.54, 1.807) is 19.1 Å². The normalized spacial score (nSPS) is 19.0. The molecule has 3 N–H and O–H groups in total. The first kappa shape index (κ1) is 25.0. The lowest BCUT2D eigenvalue weighted by Gasteiger charge is -2.28. The molecule has 0 heterocycles. The van der Waals surface area contributed by atoms with Gasteiger partial charge in [-0.1, -0.05) is 30.3 Å². The fourth-order valence-electron chi connectivity index (χ4n) is 3.62. The molecule has 1 aliphatic rings. The first-order valence-corrected chi connectivity index (χ1v) is 11.0. The molecule has 1 saturated carbocycles. The van der Waals surface area contributed by atoms with Crippen molar-refractivity contribution in [2.45, 2.75) is 50.7 Å². The van der Waals surface area contributed by atoms with Crippen LogP contribution in [0.2, 0.25) is 0 Å². The number of hydrogen-bond donors (Lipinski definition) is 2. The van der Waals surface area contributed by atoms with Crippen molar-refractivity contribution in [3.05, 3.63) is 70.5 Å². The minimum atomic E-state index is -4.37. The Kier molecular flexibility index (Phi) is 7.09. The van der Waals surface area contributed by atoms with E-state index in [1.165, 1.54) is 24.3 Å². The Balaban J connectivity index is 1.62. The van der Waals surface area contributed by atoms with Gasteiger partial charge in [0.15, 0.2) is 0 Å². The fraction of sp³-hybridized carbons (Fsp3) is 0.391. The summed E-state index contributed by atoms with van der Waals surface area (Å²) in [5.41, 5.74) is -0.806. The second kappa shape index (κ2) is 9.34. The van der Waals surface area contributed by atoms with Crippen molar-refractivity contribution in [2.24, 2.45) is 11.1 Å². The quantitative estimate of drug-likeness (QED) is 0.316. The molecule has 0 radical (unpaired) electrons. The first-order valence-electron chi connectivity index (χ1n) is 10.2. The number of rotatable bonds is 7. The molecule has 0 bridgehead atoms. The number of benzene rings is 2. The van der Waals surface area contributed by atoms with E-state index >= 15 is 0 Å². The highest BCUT2D eigenvalue weighted by molar-refractivity contribution is 7.92. The standard InChI is InChI=1S/C23H24F4N2O3S/c1-12(14-6-9-16(19(24)10-14)21(31)32-33-28)29-20(30)18-11-17(18)13-4-7-15(8-5-13)22(2,3)23(25,26)27/h4-10,12,17-18H,11,28H2,1-3H3,(H,29,30)/t12-,17+,18-/m1/s1. The topological polar surface area (TPSA) is 81.4 Å². The van der Waals surface area contributed by atoms with Crippen molar-refractivity contribution in [1.29, 1.82) is 0 Å². The van der Waals surface area contributed by atoms with Gasteiger partial charge in [0.05, 0.1) is 17.0 Å². The minimum Gasteiger partial charge on any atom is -0.371 e. The van der Waals surface area contributed by atoms with Crippen molar-refractivity contribution in [3.8, 4) is 0 Å². The molecule has 2 aromatic rings. The number of carbonyl (C=O) groups is 2. The lowest BCUT2D eigenvalue weighted by Crippen LogP contribution is -2.36. The average molecular weight is 485 g/mol. The number of halogens is 4. The van der Waals surface area contributed by atoms with Gasteiger partial charge in [0.25, 0.3) is 0 Å². The summed E-state index contributed by atoms with van der Waals surface area (Å²) in [6.45, 7) is 3.95. The summed E-state index contributed by atoms with van der Waals surface area (Å²) in [5, 5.41) is 7.86. The molecule has 3 rings (SSSR count). The maximum Gasteiger partial charge on any atom is 0.397 e. The smallest absolute Gasteiger partial charge is 0.371 e. The third kappa shape index (κ3) is 5.33. The molecule has 1 aliphatic carbocycles. The van der Waals surface area contributed by atoms with Crippen molar-refractivity contribution in [3.63, 3.8) is 0 Å². The van der Waals surface area contributed by atoms with Gasteiger partial charge in [-0.15, -0.1) is 0 Å². The van der Waals surface area contributed by atoms with Gasteiger partial charge in [0.1, 0.15) is 18.0 Å². The Morgan fingerprint density at radius 2 is 1.79 bits per heavy atom. The van der Waals surface area contributed by atoms with E-state index in [4.69, 9.17) is 5.14 Å². The van der Waals surface area contributed by atoms with Crippen LogP contribution < -0.4 is 10.5 Å². The van der Waals surface area contributed by atoms with Gasteiger partial charge >= 0.3 is 12.1 Å². The molecular weight excluding hydrogens is 460 g/mol. The van der Waals surface area contributed by atoms with E-state index in [-0.39, 0.29) is 28.9 Å². The van der Waals surface area contributed by atoms with Crippen LogP contribution in [0.4, 0.5) is 17.6 Å². The fourth-order valence-corrected chi connectivity index (χ4v) is 3.80. The number of nitrogens with one attached hydrogen (secondary N) is 1. The van der Waals surface area contributed by atoms with E-state index in [1.807, 2.05) is 0 Å². The van der Waals surface area contributed by atoms with Gasteiger partial charge in [-0.25, -0.2) is 14.3 Å². The molecule has 0 spiro atoms. The van der Waals surface area contributed by atoms with Crippen LogP contribution in [0.25, 0.3) is 0 Å². The van der Waals surface area contributed by atoms with Crippen LogP contribution in [0.1, 0.15) is 66.2 Å².